The van der Waals surface area contributed by atoms with Gasteiger partial charge in [0.15, 0.2) is 0 Å². The molecule has 2 saturated heterocycles. The van der Waals surface area contributed by atoms with Gasteiger partial charge < -0.3 is 9.64 Å². The van der Waals surface area contributed by atoms with Gasteiger partial charge in [-0.05, 0) is 53.6 Å². The average Bonchev–Trinajstić information content (AvgIpc) is 3.21. The lowest BCUT2D eigenvalue weighted by molar-refractivity contribution is -0.147. The number of urea groups is 1. The minimum Gasteiger partial charge on any atom is -0.469 e. The molecule has 2 unspecified atom stereocenters. The molecule has 28 heavy (non-hydrogen) atoms. The monoisotopic (exact) mass is 376 g/mol. The van der Waals surface area contributed by atoms with Crippen molar-refractivity contribution in [3.05, 3.63) is 53.6 Å². The molecule has 2 atom stereocenters. The Kier molecular flexibility index (Phi) is 3.75. The van der Waals surface area contributed by atoms with Crippen LogP contribution in [0, 0.1) is 5.92 Å². The number of carbonyl (C=O) groups excluding carboxylic acids is 3. The Morgan fingerprint density at radius 1 is 1.07 bits per heavy atom. The maximum absolute atomic E-state index is 13.0. The van der Waals surface area contributed by atoms with Gasteiger partial charge in [0.05, 0.1) is 18.7 Å². The van der Waals surface area contributed by atoms with Crippen LogP contribution in [0.25, 0.3) is 11.1 Å². The molecule has 2 aromatic carbocycles. The van der Waals surface area contributed by atoms with Crippen LogP contribution in [0.4, 0.5) is 10.5 Å². The third-order valence-electron chi connectivity index (χ3n) is 6.11. The molecule has 3 amide bonds. The molecule has 0 radical (unpaired) electrons. The number of ether oxygens (including phenoxy) is 1. The summed E-state index contributed by atoms with van der Waals surface area (Å²) in [5, 5.41) is 0. The summed E-state index contributed by atoms with van der Waals surface area (Å²) in [6, 6.07) is 13.1. The van der Waals surface area contributed by atoms with Crippen molar-refractivity contribution >= 4 is 23.6 Å². The largest absolute Gasteiger partial charge is 0.469 e. The lowest BCUT2D eigenvalue weighted by Gasteiger charge is -2.30. The zero-order chi connectivity index (χ0) is 19.4. The number of anilines is 1. The molecule has 2 fully saturated rings. The Hall–Kier alpha value is -3.15. The first-order valence-corrected chi connectivity index (χ1v) is 9.52. The van der Waals surface area contributed by atoms with Crippen molar-refractivity contribution in [2.75, 3.05) is 18.6 Å². The molecular weight excluding hydrogens is 356 g/mol. The number of nitrogens with zero attached hydrogens (tertiary/aromatic N) is 2. The number of carbonyl (C=O) groups is 3. The highest BCUT2D eigenvalue weighted by molar-refractivity contribution is 6.21. The van der Waals surface area contributed by atoms with E-state index in [0.717, 1.165) is 17.5 Å². The number of imide groups is 1. The lowest BCUT2D eigenvalue weighted by Crippen LogP contribution is -2.44. The standard InChI is InChI=1S/C22H20N2O4/c1-28-21(26)14-8-9-23-19(12-14)20(25)24(22(23)27)16-6-7-18-15(11-16)10-13-4-2-3-5-17(13)18/h2-7,11,14,19H,8-10,12H2,1H3. The van der Waals surface area contributed by atoms with Crippen LogP contribution < -0.4 is 4.90 Å². The van der Waals surface area contributed by atoms with E-state index in [1.807, 2.05) is 30.3 Å². The molecule has 1 aliphatic carbocycles. The van der Waals surface area contributed by atoms with E-state index in [9.17, 15) is 14.4 Å². The molecular formula is C22H20N2O4. The number of fused-ring (bicyclic) bond motifs is 4. The summed E-state index contributed by atoms with van der Waals surface area (Å²) in [7, 11) is 1.35. The second-order valence-corrected chi connectivity index (χ2v) is 7.59. The first-order chi connectivity index (χ1) is 13.6. The quantitative estimate of drug-likeness (QED) is 0.509. The highest BCUT2D eigenvalue weighted by Crippen LogP contribution is 2.40. The zero-order valence-electron chi connectivity index (χ0n) is 15.6. The van der Waals surface area contributed by atoms with E-state index >= 15 is 0 Å². The van der Waals surface area contributed by atoms with E-state index in [0.29, 0.717) is 25.1 Å². The minimum absolute atomic E-state index is 0.255. The SMILES string of the molecule is COC(=O)C1CCN2C(=O)N(c3ccc4c(c3)Cc3ccccc3-4)C(=O)C2C1. The minimum atomic E-state index is -0.587. The Morgan fingerprint density at radius 3 is 2.68 bits per heavy atom. The summed E-state index contributed by atoms with van der Waals surface area (Å²) in [6.45, 7) is 0.391. The van der Waals surface area contributed by atoms with Gasteiger partial charge in [0.2, 0.25) is 0 Å². The molecule has 2 aliphatic heterocycles. The molecule has 0 N–H and O–H groups in total. The molecule has 2 heterocycles. The van der Waals surface area contributed by atoms with Gasteiger partial charge in [0.25, 0.3) is 5.91 Å². The number of esters is 1. The molecule has 6 heteroatoms. The molecule has 3 aliphatic rings. The highest BCUT2D eigenvalue weighted by Gasteiger charge is 2.50. The number of hydrogen-bond acceptors (Lipinski definition) is 4. The van der Waals surface area contributed by atoms with Gasteiger partial charge >= 0.3 is 12.0 Å². The summed E-state index contributed by atoms with van der Waals surface area (Å²) < 4.78 is 4.83. The summed E-state index contributed by atoms with van der Waals surface area (Å²) in [4.78, 5) is 40.7. The Morgan fingerprint density at radius 2 is 1.86 bits per heavy atom. The third-order valence-corrected chi connectivity index (χ3v) is 6.11. The van der Waals surface area contributed by atoms with Crippen LogP contribution in [0.15, 0.2) is 42.5 Å². The Bertz CT molecular complexity index is 1020. The third kappa shape index (κ3) is 2.37. The summed E-state index contributed by atoms with van der Waals surface area (Å²) in [5.41, 5.74) is 5.35. The first-order valence-electron chi connectivity index (χ1n) is 9.52. The van der Waals surface area contributed by atoms with Crippen LogP contribution in [-0.4, -0.2) is 42.5 Å². The number of rotatable bonds is 2. The second-order valence-electron chi connectivity index (χ2n) is 7.59. The second kappa shape index (κ2) is 6.19. The van der Waals surface area contributed by atoms with Gasteiger partial charge in [-0.3, -0.25) is 9.59 Å². The summed E-state index contributed by atoms with van der Waals surface area (Å²) in [6.07, 6.45) is 1.65. The topological polar surface area (TPSA) is 66.9 Å². The fourth-order valence-electron chi connectivity index (χ4n) is 4.69. The van der Waals surface area contributed by atoms with E-state index in [-0.39, 0.29) is 23.8 Å². The highest BCUT2D eigenvalue weighted by atomic mass is 16.5. The summed E-state index contributed by atoms with van der Waals surface area (Å²) in [5.74, 6) is -0.903. The van der Waals surface area contributed by atoms with Gasteiger partial charge in [-0.25, -0.2) is 9.69 Å². The maximum Gasteiger partial charge on any atom is 0.332 e. The molecule has 0 bridgehead atoms. The molecule has 2 aromatic rings. The molecule has 6 nitrogen and oxygen atoms in total. The maximum atomic E-state index is 13.0. The molecule has 0 saturated carbocycles. The van der Waals surface area contributed by atoms with Crippen molar-refractivity contribution in [3.8, 4) is 11.1 Å². The normalized spacial score (nSPS) is 22.8. The van der Waals surface area contributed by atoms with Crippen molar-refractivity contribution in [2.24, 2.45) is 5.92 Å². The van der Waals surface area contributed by atoms with Crippen molar-refractivity contribution in [1.29, 1.82) is 0 Å². The number of methoxy groups -OCH3 is 1. The molecule has 5 rings (SSSR count). The molecule has 142 valence electrons. The Balaban J connectivity index is 1.45. The first kappa shape index (κ1) is 17.0. The number of benzene rings is 2. The smallest absolute Gasteiger partial charge is 0.332 e. The number of piperidine rings is 1. The van der Waals surface area contributed by atoms with Crippen LogP contribution in [-0.2, 0) is 20.7 Å². The lowest BCUT2D eigenvalue weighted by atomic mass is 9.91. The fourth-order valence-corrected chi connectivity index (χ4v) is 4.69. The van der Waals surface area contributed by atoms with E-state index in [1.165, 1.54) is 23.1 Å². The fraction of sp³-hybridized carbons (Fsp3) is 0.318. The van der Waals surface area contributed by atoms with Crippen LogP contribution in [0.3, 0.4) is 0 Å². The molecule has 0 aromatic heterocycles. The van der Waals surface area contributed by atoms with Crippen molar-refractivity contribution in [3.63, 3.8) is 0 Å². The van der Waals surface area contributed by atoms with Gasteiger partial charge in [-0.15, -0.1) is 0 Å². The van der Waals surface area contributed by atoms with Crippen molar-refractivity contribution in [1.82, 2.24) is 4.90 Å². The van der Waals surface area contributed by atoms with E-state index in [1.54, 1.807) is 4.90 Å². The number of hydrogen-bond donors (Lipinski definition) is 0. The van der Waals surface area contributed by atoms with Gasteiger partial charge in [-0.2, -0.15) is 0 Å². The predicted octanol–water partition coefficient (Wildman–Crippen LogP) is 2.98. The van der Waals surface area contributed by atoms with Gasteiger partial charge in [0, 0.05) is 6.54 Å². The van der Waals surface area contributed by atoms with E-state index in [2.05, 4.69) is 12.1 Å². The average molecular weight is 376 g/mol. The number of amides is 3. The van der Waals surface area contributed by atoms with Gasteiger partial charge in [-0.1, -0.05) is 30.3 Å². The van der Waals surface area contributed by atoms with E-state index < -0.39 is 6.04 Å². The van der Waals surface area contributed by atoms with Gasteiger partial charge in [0.1, 0.15) is 6.04 Å². The Labute approximate surface area is 162 Å². The predicted molar refractivity (Wildman–Crippen MR) is 103 cm³/mol. The van der Waals surface area contributed by atoms with E-state index in [4.69, 9.17) is 4.74 Å². The molecule has 0 spiro atoms. The van der Waals surface area contributed by atoms with Crippen molar-refractivity contribution in [2.45, 2.75) is 25.3 Å². The zero-order valence-corrected chi connectivity index (χ0v) is 15.6. The van der Waals surface area contributed by atoms with Crippen LogP contribution in [0.2, 0.25) is 0 Å². The van der Waals surface area contributed by atoms with Crippen LogP contribution in [0.1, 0.15) is 24.0 Å². The summed E-state index contributed by atoms with van der Waals surface area (Å²) >= 11 is 0. The van der Waals surface area contributed by atoms with Crippen molar-refractivity contribution < 1.29 is 19.1 Å². The van der Waals surface area contributed by atoms with Crippen LogP contribution in [0.5, 0.6) is 0 Å². The van der Waals surface area contributed by atoms with Crippen LogP contribution >= 0.6 is 0 Å².